The predicted molar refractivity (Wildman–Crippen MR) is 52.6 cm³/mol. The van der Waals surface area contributed by atoms with Crippen molar-refractivity contribution in [1.82, 2.24) is 4.90 Å². The highest BCUT2D eigenvalue weighted by molar-refractivity contribution is 4.95. The second kappa shape index (κ2) is 3.95. The van der Waals surface area contributed by atoms with Crippen molar-refractivity contribution >= 4 is 0 Å². The van der Waals surface area contributed by atoms with Gasteiger partial charge in [0, 0.05) is 19.6 Å². The Morgan fingerprint density at radius 1 is 1.23 bits per heavy atom. The van der Waals surface area contributed by atoms with E-state index in [1.54, 1.807) is 0 Å². The first-order valence-electron chi connectivity index (χ1n) is 5.35. The first-order valence-corrected chi connectivity index (χ1v) is 5.35. The number of ether oxygens (including phenoxy) is 1. The minimum atomic E-state index is 0.603. The minimum absolute atomic E-state index is 0.603. The van der Waals surface area contributed by atoms with Crippen molar-refractivity contribution in [3.63, 3.8) is 0 Å². The van der Waals surface area contributed by atoms with Gasteiger partial charge in [-0.15, -0.1) is 0 Å². The molecule has 2 N–H and O–H groups in total. The van der Waals surface area contributed by atoms with Crippen LogP contribution in [-0.4, -0.2) is 44.3 Å². The molecule has 2 aliphatic rings. The van der Waals surface area contributed by atoms with E-state index in [0.29, 0.717) is 5.41 Å². The number of nitrogens with zero attached hydrogens (tertiary/aromatic N) is 1. The molecule has 1 aliphatic heterocycles. The Morgan fingerprint density at radius 3 is 2.46 bits per heavy atom. The fourth-order valence-electron chi connectivity index (χ4n) is 2.20. The van der Waals surface area contributed by atoms with Gasteiger partial charge in [0.1, 0.15) is 0 Å². The van der Waals surface area contributed by atoms with E-state index in [1.807, 2.05) is 0 Å². The monoisotopic (exact) mass is 184 g/mol. The van der Waals surface area contributed by atoms with Crippen LogP contribution < -0.4 is 5.73 Å². The maximum Gasteiger partial charge on any atom is 0.0594 e. The van der Waals surface area contributed by atoms with Crippen LogP contribution in [0.5, 0.6) is 0 Å². The Balaban J connectivity index is 1.76. The minimum Gasteiger partial charge on any atom is -0.379 e. The topological polar surface area (TPSA) is 38.5 Å². The lowest BCUT2D eigenvalue weighted by molar-refractivity contribution is 0.0278. The Morgan fingerprint density at radius 2 is 1.92 bits per heavy atom. The summed E-state index contributed by atoms with van der Waals surface area (Å²) in [4.78, 5) is 2.53. The molecule has 0 aromatic rings. The number of hydrogen-bond donors (Lipinski definition) is 1. The van der Waals surface area contributed by atoms with Gasteiger partial charge >= 0.3 is 0 Å². The van der Waals surface area contributed by atoms with Crippen molar-refractivity contribution in [2.24, 2.45) is 11.1 Å². The average Bonchev–Trinajstić information content (AvgIpc) is 2.87. The molecular weight excluding hydrogens is 164 g/mol. The fraction of sp³-hybridized carbons (Fsp3) is 1.00. The van der Waals surface area contributed by atoms with E-state index >= 15 is 0 Å². The molecule has 0 amide bonds. The maximum absolute atomic E-state index is 5.62. The molecule has 13 heavy (non-hydrogen) atoms. The van der Waals surface area contributed by atoms with Gasteiger partial charge in [-0.25, -0.2) is 0 Å². The zero-order valence-corrected chi connectivity index (χ0v) is 8.30. The van der Waals surface area contributed by atoms with Gasteiger partial charge in [-0.1, -0.05) is 0 Å². The highest BCUT2D eigenvalue weighted by Gasteiger charge is 2.42. The van der Waals surface area contributed by atoms with E-state index in [1.165, 1.54) is 25.8 Å². The maximum atomic E-state index is 5.62. The summed E-state index contributed by atoms with van der Waals surface area (Å²) in [6, 6.07) is 0. The fourth-order valence-corrected chi connectivity index (χ4v) is 2.20. The van der Waals surface area contributed by atoms with Gasteiger partial charge in [0.2, 0.25) is 0 Å². The lowest BCUT2D eigenvalue weighted by Gasteiger charge is -2.30. The summed E-state index contributed by atoms with van der Waals surface area (Å²) in [6.45, 7) is 6.17. The van der Waals surface area contributed by atoms with E-state index in [2.05, 4.69) is 4.90 Å². The Bertz CT molecular complexity index is 162. The summed E-state index contributed by atoms with van der Waals surface area (Å²) in [7, 11) is 0. The van der Waals surface area contributed by atoms with Crippen molar-refractivity contribution in [3.05, 3.63) is 0 Å². The smallest absolute Gasteiger partial charge is 0.0594 e. The highest BCUT2D eigenvalue weighted by atomic mass is 16.5. The van der Waals surface area contributed by atoms with E-state index in [9.17, 15) is 0 Å². The quantitative estimate of drug-likeness (QED) is 0.689. The predicted octanol–water partition coefficient (Wildman–Crippen LogP) is 0.448. The van der Waals surface area contributed by atoms with Gasteiger partial charge in [-0.2, -0.15) is 0 Å². The molecule has 0 aromatic heterocycles. The van der Waals surface area contributed by atoms with Crippen LogP contribution in [0.3, 0.4) is 0 Å². The van der Waals surface area contributed by atoms with Gasteiger partial charge in [0.25, 0.3) is 0 Å². The largest absolute Gasteiger partial charge is 0.379 e. The van der Waals surface area contributed by atoms with Crippen molar-refractivity contribution in [2.45, 2.75) is 19.3 Å². The molecule has 2 rings (SSSR count). The molecule has 0 aromatic carbocycles. The normalized spacial score (nSPS) is 27.5. The molecule has 0 radical (unpaired) electrons. The zero-order chi connectivity index (χ0) is 9.15. The molecule has 1 heterocycles. The van der Waals surface area contributed by atoms with Crippen LogP contribution in [0.25, 0.3) is 0 Å². The standard InChI is InChI=1S/C10H20N2O/c11-4-3-10(1-2-10)9-12-5-7-13-8-6-12/h1-9,11H2. The molecule has 76 valence electrons. The molecule has 0 bridgehead atoms. The summed E-state index contributed by atoms with van der Waals surface area (Å²) in [5.74, 6) is 0. The van der Waals surface area contributed by atoms with E-state index < -0.39 is 0 Å². The third-order valence-corrected chi connectivity index (χ3v) is 3.29. The van der Waals surface area contributed by atoms with Crippen molar-refractivity contribution < 1.29 is 4.74 Å². The molecule has 1 aliphatic carbocycles. The van der Waals surface area contributed by atoms with Crippen molar-refractivity contribution in [2.75, 3.05) is 39.4 Å². The van der Waals surface area contributed by atoms with Crippen LogP contribution >= 0.6 is 0 Å². The molecule has 2 fully saturated rings. The van der Waals surface area contributed by atoms with Crippen LogP contribution in [0.15, 0.2) is 0 Å². The van der Waals surface area contributed by atoms with Gasteiger partial charge in [-0.3, -0.25) is 4.90 Å². The third-order valence-electron chi connectivity index (χ3n) is 3.29. The lowest BCUT2D eigenvalue weighted by atomic mass is 10.0. The van der Waals surface area contributed by atoms with Gasteiger partial charge in [-0.05, 0) is 31.2 Å². The number of rotatable bonds is 4. The molecule has 0 spiro atoms. The summed E-state index contributed by atoms with van der Waals surface area (Å²) >= 11 is 0. The van der Waals surface area contributed by atoms with Crippen LogP contribution in [0.1, 0.15) is 19.3 Å². The number of morpholine rings is 1. The van der Waals surface area contributed by atoms with E-state index in [-0.39, 0.29) is 0 Å². The summed E-state index contributed by atoms with van der Waals surface area (Å²) in [6.07, 6.45) is 3.99. The highest BCUT2D eigenvalue weighted by Crippen LogP contribution is 2.48. The summed E-state index contributed by atoms with van der Waals surface area (Å²) < 4.78 is 5.33. The number of nitrogens with two attached hydrogens (primary N) is 1. The second-order valence-corrected chi connectivity index (χ2v) is 4.43. The molecule has 1 saturated carbocycles. The van der Waals surface area contributed by atoms with Gasteiger partial charge in [0.05, 0.1) is 13.2 Å². The Hall–Kier alpha value is -0.120. The second-order valence-electron chi connectivity index (χ2n) is 4.43. The first kappa shape index (κ1) is 9.44. The lowest BCUT2D eigenvalue weighted by Crippen LogP contribution is -2.40. The zero-order valence-electron chi connectivity index (χ0n) is 8.30. The number of hydrogen-bond acceptors (Lipinski definition) is 3. The van der Waals surface area contributed by atoms with Crippen LogP contribution in [0.4, 0.5) is 0 Å². The molecular formula is C10H20N2O. The van der Waals surface area contributed by atoms with E-state index in [0.717, 1.165) is 32.8 Å². The Kier molecular flexibility index (Phi) is 2.86. The molecule has 0 atom stereocenters. The summed E-state index contributed by atoms with van der Waals surface area (Å²) in [5.41, 5.74) is 6.22. The SMILES string of the molecule is NCCC1(CN2CCOCC2)CC1. The van der Waals surface area contributed by atoms with Gasteiger partial charge in [0.15, 0.2) is 0 Å². The molecule has 1 saturated heterocycles. The molecule has 3 heteroatoms. The average molecular weight is 184 g/mol. The third kappa shape index (κ3) is 2.42. The van der Waals surface area contributed by atoms with Gasteiger partial charge < -0.3 is 10.5 Å². The van der Waals surface area contributed by atoms with Crippen LogP contribution in [-0.2, 0) is 4.74 Å². The Labute approximate surface area is 80.2 Å². The molecule has 3 nitrogen and oxygen atoms in total. The summed E-state index contributed by atoms with van der Waals surface area (Å²) in [5, 5.41) is 0. The van der Waals surface area contributed by atoms with Crippen molar-refractivity contribution in [1.29, 1.82) is 0 Å². The van der Waals surface area contributed by atoms with Crippen molar-refractivity contribution in [3.8, 4) is 0 Å². The van der Waals surface area contributed by atoms with Crippen LogP contribution in [0, 0.1) is 5.41 Å². The molecule has 0 unspecified atom stereocenters. The first-order chi connectivity index (χ1) is 6.35. The van der Waals surface area contributed by atoms with Crippen LogP contribution in [0.2, 0.25) is 0 Å². The van der Waals surface area contributed by atoms with E-state index in [4.69, 9.17) is 10.5 Å².